The number of carbonyl (C=O) groups is 1. The Labute approximate surface area is 150 Å². The number of nitrogens with zero attached hydrogens (tertiary/aromatic N) is 1. The molecule has 144 valence electrons. The van der Waals surface area contributed by atoms with Crippen molar-refractivity contribution in [2.24, 2.45) is 5.41 Å². The highest BCUT2D eigenvalue weighted by Crippen LogP contribution is 2.34. The largest absolute Gasteiger partial charge is 0.416 e. The molecule has 1 unspecified atom stereocenters. The molecule has 0 saturated carbocycles. The van der Waals surface area contributed by atoms with Gasteiger partial charge in [-0.2, -0.15) is 13.2 Å². The van der Waals surface area contributed by atoms with Crippen LogP contribution in [-0.2, 0) is 17.4 Å². The zero-order valence-corrected chi connectivity index (χ0v) is 16.3. The first kappa shape index (κ1) is 23.5. The Bertz CT molecular complexity index is 511. The maximum Gasteiger partial charge on any atom is 0.416 e. The van der Waals surface area contributed by atoms with Crippen molar-refractivity contribution in [2.75, 3.05) is 13.1 Å². The van der Waals surface area contributed by atoms with Crippen molar-refractivity contribution in [3.05, 3.63) is 35.4 Å². The summed E-state index contributed by atoms with van der Waals surface area (Å²) in [4.78, 5) is 13.3. The highest BCUT2D eigenvalue weighted by molar-refractivity contribution is 5.73. The van der Waals surface area contributed by atoms with E-state index in [0.29, 0.717) is 13.0 Å². The number of rotatable bonds is 2. The van der Waals surface area contributed by atoms with Crippen LogP contribution >= 0.6 is 0 Å². The predicted molar refractivity (Wildman–Crippen MR) is 97.4 cm³/mol. The van der Waals surface area contributed by atoms with Crippen molar-refractivity contribution in [3.8, 4) is 0 Å². The zero-order valence-electron chi connectivity index (χ0n) is 16.3. The Morgan fingerprint density at radius 2 is 1.64 bits per heavy atom. The van der Waals surface area contributed by atoms with E-state index in [-0.39, 0.29) is 11.3 Å². The van der Waals surface area contributed by atoms with Crippen LogP contribution in [0.4, 0.5) is 13.2 Å². The second-order valence-corrected chi connectivity index (χ2v) is 6.23. The lowest BCUT2D eigenvalue weighted by Crippen LogP contribution is -2.44. The topological polar surface area (TPSA) is 20.3 Å². The van der Waals surface area contributed by atoms with Gasteiger partial charge >= 0.3 is 6.18 Å². The van der Waals surface area contributed by atoms with E-state index in [1.165, 1.54) is 0 Å². The van der Waals surface area contributed by atoms with Gasteiger partial charge in [-0.1, -0.05) is 46.8 Å². The molecular weight excluding hydrogens is 327 g/mol. The fraction of sp³-hybridized carbons (Fsp3) is 0.650. The van der Waals surface area contributed by atoms with Crippen LogP contribution < -0.4 is 0 Å². The van der Waals surface area contributed by atoms with E-state index in [1.54, 1.807) is 19.1 Å². The third-order valence-electron chi connectivity index (χ3n) is 4.14. The molecule has 25 heavy (non-hydrogen) atoms. The minimum Gasteiger partial charge on any atom is -0.342 e. The van der Waals surface area contributed by atoms with Crippen LogP contribution in [0.3, 0.4) is 0 Å². The molecule has 1 saturated heterocycles. The van der Waals surface area contributed by atoms with Crippen LogP contribution in [0.15, 0.2) is 24.3 Å². The molecule has 0 bridgehead atoms. The molecule has 1 heterocycles. The van der Waals surface area contributed by atoms with Gasteiger partial charge in [-0.15, -0.1) is 0 Å². The van der Waals surface area contributed by atoms with Crippen molar-refractivity contribution in [1.29, 1.82) is 0 Å². The van der Waals surface area contributed by atoms with Gasteiger partial charge in [0.25, 0.3) is 0 Å². The molecule has 0 aliphatic carbocycles. The van der Waals surface area contributed by atoms with Crippen LogP contribution in [0.2, 0.25) is 0 Å². The number of alkyl halides is 3. The average molecular weight is 359 g/mol. The summed E-state index contributed by atoms with van der Waals surface area (Å²) in [7, 11) is 0. The number of amides is 1. The quantitative estimate of drug-likeness (QED) is 0.639. The van der Waals surface area contributed by atoms with Crippen molar-refractivity contribution >= 4 is 5.91 Å². The summed E-state index contributed by atoms with van der Waals surface area (Å²) in [6.07, 6.45) is -1.68. The maximum atomic E-state index is 12.5. The monoisotopic (exact) mass is 359 g/mol. The number of halogens is 3. The molecule has 1 atom stereocenters. The van der Waals surface area contributed by atoms with Gasteiger partial charge < -0.3 is 4.90 Å². The molecule has 0 spiro atoms. The first-order valence-electron chi connectivity index (χ1n) is 9.11. The van der Waals surface area contributed by atoms with E-state index in [1.807, 2.05) is 32.6 Å². The molecule has 1 aromatic carbocycles. The van der Waals surface area contributed by atoms with E-state index >= 15 is 0 Å². The molecule has 2 rings (SSSR count). The number of hydrogen-bond donors (Lipinski definition) is 0. The minimum absolute atomic E-state index is 0.0633. The molecule has 1 fully saturated rings. The van der Waals surface area contributed by atoms with Gasteiger partial charge in [0.05, 0.1) is 5.56 Å². The second kappa shape index (κ2) is 10.5. The van der Waals surface area contributed by atoms with Gasteiger partial charge in [0, 0.05) is 20.0 Å². The van der Waals surface area contributed by atoms with Crippen LogP contribution in [0.1, 0.15) is 65.5 Å². The second-order valence-electron chi connectivity index (χ2n) is 6.23. The zero-order chi connectivity index (χ0) is 19.7. The van der Waals surface area contributed by atoms with Crippen LogP contribution in [-0.4, -0.2) is 23.9 Å². The molecule has 2 nitrogen and oxygen atoms in total. The summed E-state index contributed by atoms with van der Waals surface area (Å²) in [5, 5.41) is 0. The normalized spacial score (nSPS) is 20.0. The summed E-state index contributed by atoms with van der Waals surface area (Å²) in [5.74, 6) is 0.0633. The fourth-order valence-corrected chi connectivity index (χ4v) is 3.03. The predicted octanol–water partition coefficient (Wildman–Crippen LogP) is 5.95. The highest BCUT2D eigenvalue weighted by atomic mass is 19.4. The van der Waals surface area contributed by atoms with Crippen LogP contribution in [0.5, 0.6) is 0 Å². The first-order chi connectivity index (χ1) is 11.7. The number of benzene rings is 1. The third-order valence-corrected chi connectivity index (χ3v) is 4.14. The Kier molecular flexibility index (Phi) is 9.83. The van der Waals surface area contributed by atoms with Crippen LogP contribution in [0.25, 0.3) is 0 Å². The van der Waals surface area contributed by atoms with E-state index in [9.17, 15) is 18.0 Å². The summed E-state index contributed by atoms with van der Waals surface area (Å²) >= 11 is 0. The number of carbonyl (C=O) groups excluding carboxylic acids is 1. The van der Waals surface area contributed by atoms with E-state index in [2.05, 4.69) is 6.92 Å². The Balaban J connectivity index is 0.00000134. The average Bonchev–Trinajstić information content (AvgIpc) is 2.58. The van der Waals surface area contributed by atoms with Crippen molar-refractivity contribution in [2.45, 2.75) is 67.0 Å². The molecular formula is C20H32F3NO. The molecule has 0 aromatic heterocycles. The van der Waals surface area contributed by atoms with Crippen LogP contribution in [0, 0.1) is 5.41 Å². The lowest BCUT2D eigenvalue weighted by Gasteiger charge is -2.40. The summed E-state index contributed by atoms with van der Waals surface area (Å²) in [6.45, 7) is 13.1. The van der Waals surface area contributed by atoms with Gasteiger partial charge in [0.2, 0.25) is 5.91 Å². The molecule has 5 heteroatoms. The summed E-state index contributed by atoms with van der Waals surface area (Å²) in [6, 6.07) is 5.34. The number of likely N-dealkylation sites (tertiary alicyclic amines) is 1. The summed E-state index contributed by atoms with van der Waals surface area (Å²) in [5.41, 5.74) is 0.199. The minimum atomic E-state index is -4.29. The van der Waals surface area contributed by atoms with Gasteiger partial charge in [-0.3, -0.25) is 4.79 Å². The lowest BCUT2D eigenvalue weighted by molar-refractivity contribution is -0.137. The SMILES string of the molecule is CC.CC.CC(=O)N1CCCC(C)(Cc2ccc(C(F)(F)F)cc2)C1. The molecule has 1 aliphatic heterocycles. The maximum absolute atomic E-state index is 12.5. The number of piperidine rings is 1. The Hall–Kier alpha value is -1.52. The van der Waals surface area contributed by atoms with E-state index in [0.717, 1.165) is 37.1 Å². The first-order valence-corrected chi connectivity index (χ1v) is 9.11. The highest BCUT2D eigenvalue weighted by Gasteiger charge is 2.33. The Morgan fingerprint density at radius 3 is 2.08 bits per heavy atom. The molecule has 0 radical (unpaired) electrons. The molecule has 0 N–H and O–H groups in total. The van der Waals surface area contributed by atoms with E-state index in [4.69, 9.17) is 0 Å². The smallest absolute Gasteiger partial charge is 0.342 e. The molecule has 1 aliphatic rings. The van der Waals surface area contributed by atoms with Gasteiger partial charge in [-0.25, -0.2) is 0 Å². The summed E-state index contributed by atoms with van der Waals surface area (Å²) < 4.78 is 37.6. The van der Waals surface area contributed by atoms with Gasteiger partial charge in [-0.05, 0) is 42.4 Å². The van der Waals surface area contributed by atoms with Gasteiger partial charge in [0.15, 0.2) is 0 Å². The molecule has 1 amide bonds. The van der Waals surface area contributed by atoms with Crippen molar-refractivity contribution in [3.63, 3.8) is 0 Å². The van der Waals surface area contributed by atoms with E-state index < -0.39 is 11.7 Å². The van der Waals surface area contributed by atoms with Crippen molar-refractivity contribution < 1.29 is 18.0 Å². The van der Waals surface area contributed by atoms with Crippen molar-refractivity contribution in [1.82, 2.24) is 4.90 Å². The standard InChI is InChI=1S/C16H20F3NO.2C2H6/c1-12(21)20-9-3-8-15(2,11-20)10-13-4-6-14(7-5-13)16(17,18)19;2*1-2/h4-7H,3,8-11H2,1-2H3;2*1-2H3. The van der Waals surface area contributed by atoms with Gasteiger partial charge in [0.1, 0.15) is 0 Å². The molecule has 1 aromatic rings. The third kappa shape index (κ3) is 7.49. The fourth-order valence-electron chi connectivity index (χ4n) is 3.03. The lowest BCUT2D eigenvalue weighted by atomic mass is 9.77. The number of hydrogen-bond acceptors (Lipinski definition) is 1. The Morgan fingerprint density at radius 1 is 1.12 bits per heavy atom.